The molecule has 15 heavy (non-hydrogen) atoms. The topological polar surface area (TPSA) is 38.9 Å². The summed E-state index contributed by atoms with van der Waals surface area (Å²) < 4.78 is 13.2. The van der Waals surface area contributed by atoms with Crippen LogP contribution in [0.2, 0.25) is 0 Å². The lowest BCUT2D eigenvalue weighted by Gasteiger charge is -2.13. The van der Waals surface area contributed by atoms with Gasteiger partial charge >= 0.3 is 0 Å². The number of rotatable bonds is 4. The number of nitrogens with two attached hydrogens (primary N) is 1. The summed E-state index contributed by atoms with van der Waals surface area (Å²) in [4.78, 5) is 3.58. The van der Waals surface area contributed by atoms with Crippen LogP contribution in [-0.2, 0) is 0 Å². The van der Waals surface area contributed by atoms with Gasteiger partial charge in [-0.15, -0.1) is 12.4 Å². The van der Waals surface area contributed by atoms with Crippen molar-refractivity contribution in [2.75, 3.05) is 0 Å². The molecular weight excluding hydrogens is 215 g/mol. The van der Waals surface area contributed by atoms with Gasteiger partial charge in [0.25, 0.3) is 0 Å². The van der Waals surface area contributed by atoms with Crippen LogP contribution in [0.25, 0.3) is 0 Å². The maximum Gasteiger partial charge on any atom is 0.217 e. The third-order valence-electron chi connectivity index (χ3n) is 2.24. The number of hydrogen-bond acceptors (Lipinski definition) is 2. The molecule has 0 fully saturated rings. The summed E-state index contributed by atoms with van der Waals surface area (Å²) in [5.74, 6) is 0.157. The summed E-state index contributed by atoms with van der Waals surface area (Å²) >= 11 is 0. The fraction of sp³-hybridized carbons (Fsp3) is 0.545. The normalized spacial score (nSPS) is 12.3. The standard InChI is InChI=1S/C11H17FN2.ClH/c1-8(2)5-6-10(13)9-4-3-7-14-11(9)12;/h3-4,7-8,10H,5-6,13H2,1-2H3;1H/t10-;/m0./s1. The van der Waals surface area contributed by atoms with Gasteiger partial charge in [0.15, 0.2) is 0 Å². The van der Waals surface area contributed by atoms with Gasteiger partial charge in [0.1, 0.15) is 0 Å². The van der Waals surface area contributed by atoms with Crippen LogP contribution in [0, 0.1) is 11.9 Å². The van der Waals surface area contributed by atoms with Crippen molar-refractivity contribution in [3.05, 3.63) is 29.8 Å². The Morgan fingerprint density at radius 3 is 2.60 bits per heavy atom. The average Bonchev–Trinajstić information content (AvgIpc) is 2.15. The second kappa shape index (κ2) is 6.75. The zero-order valence-electron chi connectivity index (χ0n) is 9.11. The van der Waals surface area contributed by atoms with E-state index in [1.807, 2.05) is 0 Å². The maximum absolute atomic E-state index is 13.2. The highest BCUT2D eigenvalue weighted by Crippen LogP contribution is 2.19. The van der Waals surface area contributed by atoms with Crippen molar-refractivity contribution in [1.29, 1.82) is 0 Å². The van der Waals surface area contributed by atoms with Gasteiger partial charge in [0, 0.05) is 17.8 Å². The van der Waals surface area contributed by atoms with Gasteiger partial charge in [0.2, 0.25) is 5.95 Å². The second-order valence-corrected chi connectivity index (χ2v) is 3.96. The lowest BCUT2D eigenvalue weighted by Crippen LogP contribution is -2.13. The molecule has 0 aliphatic heterocycles. The smallest absolute Gasteiger partial charge is 0.217 e. The molecule has 86 valence electrons. The Labute approximate surface area is 96.5 Å². The molecule has 0 spiro atoms. The maximum atomic E-state index is 13.2. The van der Waals surface area contributed by atoms with Gasteiger partial charge in [0.05, 0.1) is 0 Å². The first-order valence-electron chi connectivity index (χ1n) is 4.97. The highest BCUT2D eigenvalue weighted by molar-refractivity contribution is 5.85. The quantitative estimate of drug-likeness (QED) is 0.811. The van der Waals surface area contributed by atoms with Gasteiger partial charge in [-0.2, -0.15) is 4.39 Å². The first-order valence-corrected chi connectivity index (χ1v) is 4.97. The van der Waals surface area contributed by atoms with Gasteiger partial charge in [-0.3, -0.25) is 0 Å². The van der Waals surface area contributed by atoms with E-state index in [0.717, 1.165) is 12.8 Å². The first-order chi connectivity index (χ1) is 6.61. The molecule has 0 saturated heterocycles. The van der Waals surface area contributed by atoms with Gasteiger partial charge in [-0.25, -0.2) is 4.98 Å². The Morgan fingerprint density at radius 2 is 2.07 bits per heavy atom. The van der Waals surface area contributed by atoms with Crippen LogP contribution in [0.4, 0.5) is 4.39 Å². The van der Waals surface area contributed by atoms with E-state index in [-0.39, 0.29) is 18.4 Å². The Morgan fingerprint density at radius 1 is 1.40 bits per heavy atom. The number of aromatic nitrogens is 1. The molecule has 0 aromatic carbocycles. The van der Waals surface area contributed by atoms with Crippen molar-refractivity contribution in [3.63, 3.8) is 0 Å². The highest BCUT2D eigenvalue weighted by atomic mass is 35.5. The van der Waals surface area contributed by atoms with E-state index in [9.17, 15) is 4.39 Å². The van der Waals surface area contributed by atoms with Crippen LogP contribution in [0.15, 0.2) is 18.3 Å². The molecule has 0 amide bonds. The summed E-state index contributed by atoms with van der Waals surface area (Å²) in [6.45, 7) is 4.26. The van der Waals surface area contributed by atoms with Crippen molar-refractivity contribution >= 4 is 12.4 Å². The van der Waals surface area contributed by atoms with E-state index in [1.54, 1.807) is 12.1 Å². The van der Waals surface area contributed by atoms with E-state index < -0.39 is 5.95 Å². The largest absolute Gasteiger partial charge is 0.324 e. The first kappa shape index (κ1) is 14.3. The summed E-state index contributed by atoms with van der Waals surface area (Å²) in [5.41, 5.74) is 6.39. The van der Waals surface area contributed by atoms with Gasteiger partial charge < -0.3 is 5.73 Å². The molecule has 2 N–H and O–H groups in total. The Hall–Kier alpha value is -0.670. The molecule has 1 aromatic rings. The van der Waals surface area contributed by atoms with E-state index >= 15 is 0 Å². The van der Waals surface area contributed by atoms with Crippen molar-refractivity contribution in [2.45, 2.75) is 32.7 Å². The van der Waals surface area contributed by atoms with E-state index in [0.29, 0.717) is 11.5 Å². The van der Waals surface area contributed by atoms with Crippen molar-refractivity contribution in [3.8, 4) is 0 Å². The van der Waals surface area contributed by atoms with Crippen molar-refractivity contribution < 1.29 is 4.39 Å². The molecular formula is C11H18ClFN2. The molecule has 1 heterocycles. The molecule has 0 unspecified atom stereocenters. The summed E-state index contributed by atoms with van der Waals surface area (Å²) in [5, 5.41) is 0. The molecule has 1 rings (SSSR count). The minimum absolute atomic E-state index is 0. The Balaban J connectivity index is 0.00000196. The molecule has 0 radical (unpaired) electrons. The molecule has 0 aliphatic carbocycles. The van der Waals surface area contributed by atoms with Crippen LogP contribution >= 0.6 is 12.4 Å². The van der Waals surface area contributed by atoms with E-state index in [1.165, 1.54) is 6.20 Å². The fourth-order valence-electron chi connectivity index (χ4n) is 1.34. The van der Waals surface area contributed by atoms with Crippen LogP contribution in [0.3, 0.4) is 0 Å². The summed E-state index contributed by atoms with van der Waals surface area (Å²) in [6.07, 6.45) is 3.25. The van der Waals surface area contributed by atoms with Gasteiger partial charge in [-0.1, -0.05) is 19.9 Å². The van der Waals surface area contributed by atoms with Crippen LogP contribution < -0.4 is 5.73 Å². The highest BCUT2D eigenvalue weighted by Gasteiger charge is 2.11. The van der Waals surface area contributed by atoms with Crippen molar-refractivity contribution in [2.24, 2.45) is 11.7 Å². The molecule has 0 bridgehead atoms. The molecule has 0 saturated carbocycles. The minimum Gasteiger partial charge on any atom is -0.324 e. The fourth-order valence-corrected chi connectivity index (χ4v) is 1.34. The third kappa shape index (κ3) is 4.58. The Kier molecular flexibility index (Phi) is 6.45. The SMILES string of the molecule is CC(C)CC[C@H](N)c1cccnc1F.Cl. The van der Waals surface area contributed by atoms with Crippen LogP contribution in [0.5, 0.6) is 0 Å². The molecule has 1 aromatic heterocycles. The summed E-state index contributed by atoms with van der Waals surface area (Å²) in [7, 11) is 0. The molecule has 2 nitrogen and oxygen atoms in total. The number of halogens is 2. The zero-order valence-corrected chi connectivity index (χ0v) is 9.93. The average molecular weight is 233 g/mol. The van der Waals surface area contributed by atoms with E-state index in [2.05, 4.69) is 18.8 Å². The van der Waals surface area contributed by atoms with E-state index in [4.69, 9.17) is 5.73 Å². The number of pyridine rings is 1. The Bertz CT molecular complexity index is 292. The lowest BCUT2D eigenvalue weighted by atomic mass is 9.99. The molecule has 1 atom stereocenters. The van der Waals surface area contributed by atoms with Gasteiger partial charge in [-0.05, 0) is 24.8 Å². The predicted octanol–water partition coefficient (Wildman–Crippen LogP) is 3.08. The van der Waals surface area contributed by atoms with Crippen molar-refractivity contribution in [1.82, 2.24) is 4.98 Å². The minimum atomic E-state index is -0.441. The monoisotopic (exact) mass is 232 g/mol. The third-order valence-corrected chi connectivity index (χ3v) is 2.24. The summed E-state index contributed by atoms with van der Waals surface area (Å²) in [6, 6.07) is 3.19. The van der Waals surface area contributed by atoms with Crippen LogP contribution in [-0.4, -0.2) is 4.98 Å². The molecule has 0 aliphatic rings. The predicted molar refractivity (Wildman–Crippen MR) is 62.4 cm³/mol. The second-order valence-electron chi connectivity index (χ2n) is 3.96. The lowest BCUT2D eigenvalue weighted by molar-refractivity contribution is 0.482. The zero-order chi connectivity index (χ0) is 10.6. The van der Waals surface area contributed by atoms with Crippen LogP contribution in [0.1, 0.15) is 38.3 Å². The molecule has 4 heteroatoms. The number of hydrogen-bond donors (Lipinski definition) is 1. The number of nitrogens with zero attached hydrogens (tertiary/aromatic N) is 1.